The van der Waals surface area contributed by atoms with Gasteiger partial charge in [0.05, 0.1) is 6.26 Å². The Kier molecular flexibility index (Phi) is 5.37. The first-order valence-electron chi connectivity index (χ1n) is 9.28. The molecule has 8 heteroatoms. The third-order valence-corrected chi connectivity index (χ3v) is 4.51. The summed E-state index contributed by atoms with van der Waals surface area (Å²) in [6, 6.07) is 12.0. The van der Waals surface area contributed by atoms with Crippen LogP contribution in [0, 0.1) is 0 Å². The molecule has 4 rings (SSSR count). The Bertz CT molecular complexity index is 1050. The number of aliphatic imine (C=N–C) groups is 1. The van der Waals surface area contributed by atoms with Crippen LogP contribution in [-0.4, -0.2) is 46.3 Å². The third kappa shape index (κ3) is 4.06. The molecule has 0 atom stereocenters. The van der Waals surface area contributed by atoms with Crippen LogP contribution >= 0.6 is 0 Å². The van der Waals surface area contributed by atoms with Crippen LogP contribution < -0.4 is 10.6 Å². The molecule has 0 spiro atoms. The molecule has 144 valence electrons. The second-order valence-corrected chi connectivity index (χ2v) is 6.37. The molecule has 8 nitrogen and oxygen atoms in total. The topological polar surface area (TPSA) is 107 Å². The lowest BCUT2D eigenvalue weighted by molar-refractivity contribution is 0.577. The van der Waals surface area contributed by atoms with Crippen molar-refractivity contribution in [3.8, 4) is 11.6 Å². The van der Waals surface area contributed by atoms with E-state index in [9.17, 15) is 0 Å². The smallest absolute Gasteiger partial charge is 0.216 e. The van der Waals surface area contributed by atoms with Gasteiger partial charge in [0.15, 0.2) is 11.7 Å². The molecule has 1 aromatic carbocycles. The highest BCUT2D eigenvalue weighted by Gasteiger charge is 2.08. The van der Waals surface area contributed by atoms with Crippen molar-refractivity contribution in [3.05, 3.63) is 60.2 Å². The van der Waals surface area contributed by atoms with Crippen LogP contribution in [0.5, 0.6) is 0 Å². The quantitative estimate of drug-likeness (QED) is 0.292. The second kappa shape index (κ2) is 8.43. The van der Waals surface area contributed by atoms with Crippen LogP contribution in [0.3, 0.4) is 0 Å². The maximum atomic E-state index is 5.30. The predicted molar refractivity (Wildman–Crippen MR) is 109 cm³/mol. The summed E-state index contributed by atoms with van der Waals surface area (Å²) in [5.74, 6) is 2.80. The highest BCUT2D eigenvalue weighted by atomic mass is 16.3. The first-order valence-corrected chi connectivity index (χ1v) is 9.28. The monoisotopic (exact) mass is 377 g/mol. The number of aromatic amines is 2. The van der Waals surface area contributed by atoms with E-state index < -0.39 is 0 Å². The van der Waals surface area contributed by atoms with Crippen molar-refractivity contribution in [2.75, 3.05) is 20.1 Å². The van der Waals surface area contributed by atoms with Crippen LogP contribution in [0.25, 0.3) is 22.5 Å². The van der Waals surface area contributed by atoms with E-state index >= 15 is 0 Å². The fourth-order valence-corrected chi connectivity index (χ4v) is 3.10. The molecule has 4 N–H and O–H groups in total. The van der Waals surface area contributed by atoms with Crippen molar-refractivity contribution in [1.29, 1.82) is 0 Å². The summed E-state index contributed by atoms with van der Waals surface area (Å²) in [5.41, 5.74) is 2.46. The average molecular weight is 377 g/mol. The van der Waals surface area contributed by atoms with E-state index in [2.05, 4.69) is 60.2 Å². The summed E-state index contributed by atoms with van der Waals surface area (Å²) < 4.78 is 5.30. The van der Waals surface area contributed by atoms with Gasteiger partial charge in [-0.15, -0.1) is 0 Å². The summed E-state index contributed by atoms with van der Waals surface area (Å²) in [6.07, 6.45) is 5.30. The number of H-pyrrole nitrogens is 2. The van der Waals surface area contributed by atoms with E-state index in [4.69, 9.17) is 4.42 Å². The number of rotatable bonds is 7. The minimum atomic E-state index is 0.571. The van der Waals surface area contributed by atoms with Gasteiger partial charge in [-0.05, 0) is 30.2 Å². The molecule has 3 heterocycles. The van der Waals surface area contributed by atoms with Crippen LogP contribution in [-0.2, 0) is 12.8 Å². The van der Waals surface area contributed by atoms with Crippen molar-refractivity contribution in [2.45, 2.75) is 12.8 Å². The Hall–Kier alpha value is -3.55. The van der Waals surface area contributed by atoms with E-state index in [0.29, 0.717) is 24.6 Å². The normalized spacial score (nSPS) is 11.8. The van der Waals surface area contributed by atoms with Gasteiger partial charge in [-0.2, -0.15) is 5.10 Å². The fourth-order valence-electron chi connectivity index (χ4n) is 3.10. The number of fused-ring (bicyclic) bond motifs is 1. The van der Waals surface area contributed by atoms with Crippen molar-refractivity contribution in [1.82, 2.24) is 30.8 Å². The fraction of sp³-hybridized carbons (Fsp3) is 0.250. The minimum Gasteiger partial charge on any atom is -0.461 e. The van der Waals surface area contributed by atoms with Gasteiger partial charge in [-0.1, -0.05) is 18.2 Å². The summed E-state index contributed by atoms with van der Waals surface area (Å²) in [6.45, 7) is 1.49. The molecule has 0 aliphatic rings. The van der Waals surface area contributed by atoms with Gasteiger partial charge in [0.25, 0.3) is 0 Å². The van der Waals surface area contributed by atoms with Crippen LogP contribution in [0.2, 0.25) is 0 Å². The van der Waals surface area contributed by atoms with Crippen LogP contribution in [0.15, 0.2) is 58.3 Å². The number of benzene rings is 1. The Balaban J connectivity index is 1.23. The van der Waals surface area contributed by atoms with E-state index in [1.54, 1.807) is 13.3 Å². The highest BCUT2D eigenvalue weighted by Crippen LogP contribution is 2.17. The summed E-state index contributed by atoms with van der Waals surface area (Å²) in [7, 11) is 1.77. The van der Waals surface area contributed by atoms with Gasteiger partial charge in [-0.3, -0.25) is 10.1 Å². The molecule has 4 aromatic rings. The molecular weight excluding hydrogens is 354 g/mol. The molecule has 0 saturated carbocycles. The van der Waals surface area contributed by atoms with Gasteiger partial charge in [0.1, 0.15) is 5.82 Å². The van der Waals surface area contributed by atoms with Gasteiger partial charge in [0, 0.05) is 43.7 Å². The zero-order chi connectivity index (χ0) is 19.2. The zero-order valence-corrected chi connectivity index (χ0v) is 15.7. The average Bonchev–Trinajstić information content (AvgIpc) is 3.47. The molecule has 0 unspecified atom stereocenters. The van der Waals surface area contributed by atoms with Crippen LogP contribution in [0.4, 0.5) is 0 Å². The van der Waals surface area contributed by atoms with Crippen LogP contribution in [0.1, 0.15) is 11.4 Å². The Morgan fingerprint density at radius 1 is 1.11 bits per heavy atom. The van der Waals surface area contributed by atoms with Crippen molar-refractivity contribution < 1.29 is 4.42 Å². The largest absolute Gasteiger partial charge is 0.461 e. The highest BCUT2D eigenvalue weighted by molar-refractivity contribution is 5.83. The maximum Gasteiger partial charge on any atom is 0.216 e. The number of nitrogens with zero attached hydrogens (tertiary/aromatic N) is 3. The SMILES string of the molecule is CN=C(NCCc1nc(-c2ccco2)n[nH]1)NCCc1c[nH]c2ccccc12. The molecule has 0 saturated heterocycles. The lowest BCUT2D eigenvalue weighted by Crippen LogP contribution is -2.39. The molecule has 0 bridgehead atoms. The Morgan fingerprint density at radius 3 is 2.79 bits per heavy atom. The minimum absolute atomic E-state index is 0.571. The number of aromatic nitrogens is 4. The van der Waals surface area contributed by atoms with E-state index in [0.717, 1.165) is 24.7 Å². The number of guanidine groups is 1. The first-order chi connectivity index (χ1) is 13.8. The number of para-hydroxylation sites is 1. The van der Waals surface area contributed by atoms with Gasteiger partial charge >= 0.3 is 0 Å². The van der Waals surface area contributed by atoms with E-state index in [1.807, 2.05) is 18.2 Å². The Morgan fingerprint density at radius 2 is 1.96 bits per heavy atom. The van der Waals surface area contributed by atoms with Gasteiger partial charge < -0.3 is 20.0 Å². The van der Waals surface area contributed by atoms with E-state index in [-0.39, 0.29) is 0 Å². The number of nitrogens with one attached hydrogen (secondary N) is 4. The molecule has 0 fully saturated rings. The predicted octanol–water partition coefficient (Wildman–Crippen LogP) is 2.50. The lowest BCUT2D eigenvalue weighted by atomic mass is 10.1. The molecule has 0 radical (unpaired) electrons. The molecule has 0 aliphatic carbocycles. The van der Waals surface area contributed by atoms with Gasteiger partial charge in [0.2, 0.25) is 5.82 Å². The molecule has 0 amide bonds. The number of hydrogen-bond donors (Lipinski definition) is 4. The Labute approximate surface area is 162 Å². The maximum absolute atomic E-state index is 5.30. The third-order valence-electron chi connectivity index (χ3n) is 4.51. The molecular formula is C20H23N7O. The summed E-state index contributed by atoms with van der Waals surface area (Å²) in [4.78, 5) is 12.0. The van der Waals surface area contributed by atoms with Crippen molar-refractivity contribution >= 4 is 16.9 Å². The van der Waals surface area contributed by atoms with Crippen molar-refractivity contribution in [2.24, 2.45) is 4.99 Å². The number of hydrogen-bond acceptors (Lipinski definition) is 4. The van der Waals surface area contributed by atoms with Crippen molar-refractivity contribution in [3.63, 3.8) is 0 Å². The first kappa shape index (κ1) is 17.8. The molecule has 3 aromatic heterocycles. The van der Waals surface area contributed by atoms with E-state index in [1.165, 1.54) is 16.5 Å². The van der Waals surface area contributed by atoms with Gasteiger partial charge in [-0.25, -0.2) is 4.98 Å². The summed E-state index contributed by atoms with van der Waals surface area (Å²) in [5, 5.41) is 15.0. The zero-order valence-electron chi connectivity index (χ0n) is 15.7. The number of furan rings is 1. The standard InChI is InChI=1S/C20H23N7O/c1-21-20(22-10-8-14-13-24-16-6-3-2-5-15(14)16)23-11-9-18-25-19(27-26-18)17-7-4-12-28-17/h2-7,12-13,24H,8-11H2,1H3,(H2,21,22,23)(H,25,26,27). The molecule has 28 heavy (non-hydrogen) atoms. The second-order valence-electron chi connectivity index (χ2n) is 6.37. The lowest BCUT2D eigenvalue weighted by Gasteiger charge is -2.11. The summed E-state index contributed by atoms with van der Waals surface area (Å²) >= 11 is 0. The molecule has 0 aliphatic heterocycles.